The highest BCUT2D eigenvalue weighted by Gasteiger charge is 2.06. The van der Waals surface area contributed by atoms with Crippen LogP contribution in [0.4, 0.5) is 0 Å². The van der Waals surface area contributed by atoms with E-state index in [-0.39, 0.29) is 5.88 Å². The van der Waals surface area contributed by atoms with Gasteiger partial charge in [0.25, 0.3) is 5.88 Å². The fourth-order valence-electron chi connectivity index (χ4n) is 0.745. The molecule has 0 unspecified atom stereocenters. The minimum Gasteiger partial charge on any atom is -0.491 e. The van der Waals surface area contributed by atoms with E-state index in [2.05, 4.69) is 11.6 Å². The Hall–Kier alpha value is -1.84. The number of esters is 1. The molecule has 0 fully saturated rings. The summed E-state index contributed by atoms with van der Waals surface area (Å²) in [6.45, 7) is 3.27. The van der Waals surface area contributed by atoms with Crippen LogP contribution < -0.4 is 9.47 Å². The van der Waals surface area contributed by atoms with Gasteiger partial charge in [-0.05, 0) is 12.1 Å². The van der Waals surface area contributed by atoms with Crippen molar-refractivity contribution in [3.05, 3.63) is 31.0 Å². The average Bonchev–Trinajstić information content (AvgIpc) is 2.18. The van der Waals surface area contributed by atoms with Crippen LogP contribution in [0.25, 0.3) is 0 Å². The summed E-state index contributed by atoms with van der Waals surface area (Å²) in [7, 11) is 1.47. The number of hydrogen-bond acceptors (Lipinski definition) is 4. The van der Waals surface area contributed by atoms with E-state index in [1.807, 2.05) is 0 Å². The van der Waals surface area contributed by atoms with Crippen LogP contribution >= 0.6 is 0 Å². The summed E-state index contributed by atoms with van der Waals surface area (Å²) in [5.74, 6) is 0.00426. The Kier molecular flexibility index (Phi) is 3.03. The zero-order valence-electron chi connectivity index (χ0n) is 7.19. The van der Waals surface area contributed by atoms with Crippen molar-refractivity contribution in [2.45, 2.75) is 0 Å². The fourth-order valence-corrected chi connectivity index (χ4v) is 0.745. The third kappa shape index (κ3) is 2.30. The van der Waals surface area contributed by atoms with E-state index < -0.39 is 5.97 Å². The number of carbonyl (C=O) groups excluding carboxylic acids is 1. The second kappa shape index (κ2) is 4.25. The molecular weight excluding hydrogens is 170 g/mol. The van der Waals surface area contributed by atoms with Crippen molar-refractivity contribution in [1.82, 2.24) is 4.98 Å². The molecule has 4 nitrogen and oxygen atoms in total. The molecule has 0 bridgehead atoms. The first kappa shape index (κ1) is 9.25. The van der Waals surface area contributed by atoms with Gasteiger partial charge >= 0.3 is 5.97 Å². The predicted molar refractivity (Wildman–Crippen MR) is 46.6 cm³/mol. The van der Waals surface area contributed by atoms with E-state index in [0.717, 1.165) is 6.08 Å². The van der Waals surface area contributed by atoms with Gasteiger partial charge in [-0.25, -0.2) is 9.78 Å². The summed E-state index contributed by atoms with van der Waals surface area (Å²) in [6.07, 6.45) is 2.57. The number of carbonyl (C=O) groups is 1. The Morgan fingerprint density at radius 1 is 1.69 bits per heavy atom. The molecule has 0 aliphatic carbocycles. The molecule has 0 aromatic carbocycles. The van der Waals surface area contributed by atoms with Gasteiger partial charge in [-0.2, -0.15) is 0 Å². The summed E-state index contributed by atoms with van der Waals surface area (Å²) >= 11 is 0. The lowest BCUT2D eigenvalue weighted by Gasteiger charge is -2.04. The van der Waals surface area contributed by atoms with Crippen molar-refractivity contribution >= 4 is 5.97 Å². The highest BCUT2D eigenvalue weighted by molar-refractivity contribution is 5.83. The van der Waals surface area contributed by atoms with Crippen molar-refractivity contribution in [2.75, 3.05) is 7.11 Å². The van der Waals surface area contributed by atoms with Crippen LogP contribution in [-0.4, -0.2) is 18.1 Å². The van der Waals surface area contributed by atoms with Crippen LogP contribution in [0.2, 0.25) is 0 Å². The van der Waals surface area contributed by atoms with Crippen LogP contribution in [0.5, 0.6) is 11.6 Å². The number of pyridine rings is 1. The van der Waals surface area contributed by atoms with Gasteiger partial charge in [-0.3, -0.25) is 0 Å². The zero-order valence-corrected chi connectivity index (χ0v) is 7.19. The molecule has 0 aliphatic rings. The lowest BCUT2D eigenvalue weighted by molar-refractivity contribution is -0.129. The molecule has 0 saturated heterocycles. The number of nitrogens with zero attached hydrogens (tertiary/aromatic N) is 1. The van der Waals surface area contributed by atoms with Gasteiger partial charge in [0.2, 0.25) is 0 Å². The molecule has 13 heavy (non-hydrogen) atoms. The molecule has 68 valence electrons. The molecule has 0 aliphatic heterocycles. The molecule has 0 radical (unpaired) electrons. The molecule has 0 N–H and O–H groups in total. The van der Waals surface area contributed by atoms with Crippen molar-refractivity contribution < 1.29 is 14.3 Å². The second-order valence-electron chi connectivity index (χ2n) is 2.14. The minimum atomic E-state index is -0.558. The SMILES string of the molecule is C=CC(=O)Oc1ncccc1OC. The van der Waals surface area contributed by atoms with Gasteiger partial charge in [-0.15, -0.1) is 0 Å². The Morgan fingerprint density at radius 3 is 3.08 bits per heavy atom. The largest absolute Gasteiger partial charge is 0.491 e. The van der Waals surface area contributed by atoms with Gasteiger partial charge in [0, 0.05) is 12.3 Å². The lowest BCUT2D eigenvalue weighted by Crippen LogP contribution is -2.05. The van der Waals surface area contributed by atoms with Gasteiger partial charge in [0.05, 0.1) is 7.11 Å². The molecule has 4 heteroatoms. The monoisotopic (exact) mass is 179 g/mol. The normalized spacial score (nSPS) is 9.00. The Morgan fingerprint density at radius 2 is 2.46 bits per heavy atom. The summed E-state index contributed by atoms with van der Waals surface area (Å²) in [5.41, 5.74) is 0. The number of methoxy groups -OCH3 is 1. The number of aromatic nitrogens is 1. The molecule has 1 aromatic rings. The van der Waals surface area contributed by atoms with Crippen molar-refractivity contribution in [3.8, 4) is 11.6 Å². The first-order valence-corrected chi connectivity index (χ1v) is 3.61. The Labute approximate surface area is 75.8 Å². The van der Waals surface area contributed by atoms with Gasteiger partial charge in [0.1, 0.15) is 0 Å². The highest BCUT2D eigenvalue weighted by atomic mass is 16.6. The highest BCUT2D eigenvalue weighted by Crippen LogP contribution is 2.22. The molecule has 1 heterocycles. The van der Waals surface area contributed by atoms with E-state index in [1.165, 1.54) is 13.3 Å². The fraction of sp³-hybridized carbons (Fsp3) is 0.111. The van der Waals surface area contributed by atoms with Crippen molar-refractivity contribution in [1.29, 1.82) is 0 Å². The first-order valence-electron chi connectivity index (χ1n) is 3.61. The van der Waals surface area contributed by atoms with Crippen LogP contribution in [0, 0.1) is 0 Å². The zero-order chi connectivity index (χ0) is 9.68. The topological polar surface area (TPSA) is 48.4 Å². The molecule has 0 saturated carbocycles. The third-order valence-electron chi connectivity index (χ3n) is 1.32. The third-order valence-corrected chi connectivity index (χ3v) is 1.32. The second-order valence-corrected chi connectivity index (χ2v) is 2.14. The smallest absolute Gasteiger partial charge is 0.337 e. The van der Waals surface area contributed by atoms with Crippen LogP contribution in [0.3, 0.4) is 0 Å². The van der Waals surface area contributed by atoms with Crippen molar-refractivity contribution in [3.63, 3.8) is 0 Å². The summed E-state index contributed by atoms with van der Waals surface area (Å²) in [4.78, 5) is 14.6. The van der Waals surface area contributed by atoms with E-state index >= 15 is 0 Å². The van der Waals surface area contributed by atoms with Crippen LogP contribution in [0.15, 0.2) is 31.0 Å². The average molecular weight is 179 g/mol. The van der Waals surface area contributed by atoms with E-state index in [9.17, 15) is 4.79 Å². The van der Waals surface area contributed by atoms with Crippen molar-refractivity contribution in [2.24, 2.45) is 0 Å². The maximum atomic E-state index is 10.8. The minimum absolute atomic E-state index is 0.148. The Bertz CT molecular complexity index is 322. The van der Waals surface area contributed by atoms with Gasteiger partial charge in [0.15, 0.2) is 5.75 Å². The molecule has 0 amide bonds. The number of rotatable bonds is 3. The predicted octanol–water partition coefficient (Wildman–Crippen LogP) is 1.18. The quantitative estimate of drug-likeness (QED) is 0.516. The van der Waals surface area contributed by atoms with E-state index in [4.69, 9.17) is 9.47 Å². The summed E-state index contributed by atoms with van der Waals surface area (Å²) in [5, 5.41) is 0. The maximum absolute atomic E-state index is 10.8. The van der Waals surface area contributed by atoms with Crippen LogP contribution in [0.1, 0.15) is 0 Å². The first-order chi connectivity index (χ1) is 6.27. The van der Waals surface area contributed by atoms with Gasteiger partial charge in [-0.1, -0.05) is 6.58 Å². The molecule has 0 atom stereocenters. The van der Waals surface area contributed by atoms with E-state index in [0.29, 0.717) is 5.75 Å². The molecule has 1 rings (SSSR count). The molecule has 1 aromatic heterocycles. The number of ether oxygens (including phenoxy) is 2. The maximum Gasteiger partial charge on any atom is 0.337 e. The Balaban J connectivity index is 2.86. The molecule has 0 spiro atoms. The summed E-state index contributed by atoms with van der Waals surface area (Å²) < 4.78 is 9.71. The van der Waals surface area contributed by atoms with Gasteiger partial charge < -0.3 is 9.47 Å². The van der Waals surface area contributed by atoms with Crippen LogP contribution in [-0.2, 0) is 4.79 Å². The van der Waals surface area contributed by atoms with E-state index in [1.54, 1.807) is 12.1 Å². The number of hydrogen-bond donors (Lipinski definition) is 0. The standard InChI is InChI=1S/C9H9NO3/c1-3-8(11)13-9-7(12-2)5-4-6-10-9/h3-6H,1H2,2H3. The lowest BCUT2D eigenvalue weighted by atomic mass is 10.4. The molecular formula is C9H9NO3. The summed E-state index contributed by atoms with van der Waals surface area (Å²) in [6, 6.07) is 3.34.